The number of thioether (sulfide) groups is 1. The first-order valence-electron chi connectivity index (χ1n) is 9.75. The SMILES string of the molecule is Cc1nn(C)nc1Cc1ccc2nccc(C(=O)NCC(=O)N3CSCC3C#N)c2c1. The number of carbonyl (C=O) groups excluding carboxylic acids is 2. The molecule has 3 heterocycles. The van der Waals surface area contributed by atoms with Crippen LogP contribution in [0.15, 0.2) is 30.5 Å². The van der Waals surface area contributed by atoms with Crippen molar-refractivity contribution in [1.82, 2.24) is 30.2 Å². The van der Waals surface area contributed by atoms with Gasteiger partial charge in [0.25, 0.3) is 5.91 Å². The lowest BCUT2D eigenvalue weighted by molar-refractivity contribution is -0.129. The molecule has 158 valence electrons. The van der Waals surface area contributed by atoms with Crippen molar-refractivity contribution in [2.45, 2.75) is 19.4 Å². The summed E-state index contributed by atoms with van der Waals surface area (Å²) in [7, 11) is 1.78. The number of carbonyl (C=O) groups is 2. The highest BCUT2D eigenvalue weighted by Crippen LogP contribution is 2.22. The van der Waals surface area contributed by atoms with Crippen molar-refractivity contribution in [3.63, 3.8) is 0 Å². The smallest absolute Gasteiger partial charge is 0.252 e. The summed E-state index contributed by atoms with van der Waals surface area (Å²) in [6, 6.07) is 9.08. The first-order chi connectivity index (χ1) is 15.0. The Morgan fingerprint density at radius 2 is 2.16 bits per heavy atom. The second-order valence-electron chi connectivity index (χ2n) is 7.30. The minimum absolute atomic E-state index is 0.153. The number of hydrogen-bond acceptors (Lipinski definition) is 7. The Labute approximate surface area is 183 Å². The van der Waals surface area contributed by atoms with Crippen LogP contribution in [0.2, 0.25) is 0 Å². The Balaban J connectivity index is 1.52. The number of rotatable bonds is 5. The highest BCUT2D eigenvalue weighted by atomic mass is 32.2. The molecule has 1 aromatic carbocycles. The van der Waals surface area contributed by atoms with Crippen LogP contribution >= 0.6 is 11.8 Å². The van der Waals surface area contributed by atoms with Crippen LogP contribution in [-0.2, 0) is 18.3 Å². The molecule has 2 amide bonds. The van der Waals surface area contributed by atoms with Crippen LogP contribution < -0.4 is 5.32 Å². The van der Waals surface area contributed by atoms with Crippen LogP contribution in [0.3, 0.4) is 0 Å². The molecule has 0 radical (unpaired) electrons. The molecule has 4 rings (SSSR count). The third-order valence-corrected chi connectivity index (χ3v) is 6.16. The molecule has 2 aromatic heterocycles. The van der Waals surface area contributed by atoms with Gasteiger partial charge in [-0.2, -0.15) is 20.3 Å². The number of pyridine rings is 1. The van der Waals surface area contributed by atoms with E-state index in [1.165, 1.54) is 16.7 Å². The largest absolute Gasteiger partial charge is 0.343 e. The third kappa shape index (κ3) is 4.36. The molecule has 0 bridgehead atoms. The highest BCUT2D eigenvalue weighted by Gasteiger charge is 2.29. The van der Waals surface area contributed by atoms with E-state index in [0.29, 0.717) is 34.5 Å². The second-order valence-corrected chi connectivity index (χ2v) is 8.30. The lowest BCUT2D eigenvalue weighted by Crippen LogP contribution is -2.42. The van der Waals surface area contributed by atoms with E-state index in [2.05, 4.69) is 26.6 Å². The van der Waals surface area contributed by atoms with Gasteiger partial charge in [-0.3, -0.25) is 14.6 Å². The maximum atomic E-state index is 12.9. The number of benzene rings is 1. The van der Waals surface area contributed by atoms with E-state index >= 15 is 0 Å². The van der Waals surface area contributed by atoms with Crippen molar-refractivity contribution in [1.29, 1.82) is 5.26 Å². The molecule has 31 heavy (non-hydrogen) atoms. The average Bonchev–Trinajstić information content (AvgIpc) is 3.37. The van der Waals surface area contributed by atoms with Crippen molar-refractivity contribution in [3.8, 4) is 6.07 Å². The quantitative estimate of drug-likeness (QED) is 0.644. The van der Waals surface area contributed by atoms with Gasteiger partial charge in [0.15, 0.2) is 0 Å². The minimum atomic E-state index is -0.441. The monoisotopic (exact) mass is 435 g/mol. The molecular weight excluding hydrogens is 414 g/mol. The molecule has 9 nitrogen and oxygen atoms in total. The molecule has 0 spiro atoms. The van der Waals surface area contributed by atoms with Gasteiger partial charge >= 0.3 is 0 Å². The summed E-state index contributed by atoms with van der Waals surface area (Å²) in [4.78, 5) is 32.7. The van der Waals surface area contributed by atoms with Gasteiger partial charge < -0.3 is 10.2 Å². The van der Waals surface area contributed by atoms with Crippen LogP contribution in [0.25, 0.3) is 10.9 Å². The standard InChI is InChI=1S/C21H21N7O2S/c1-13-19(26-27(2)25-13)8-14-3-4-18-17(7-14)16(5-6-23-18)21(30)24-10-20(29)28-12-31-11-15(28)9-22/h3-7,15H,8,10-12H2,1-2H3,(H,24,30). The minimum Gasteiger partial charge on any atom is -0.343 e. The number of aromatic nitrogens is 4. The molecule has 10 heteroatoms. The zero-order valence-corrected chi connectivity index (χ0v) is 18.0. The van der Waals surface area contributed by atoms with Gasteiger partial charge in [-0.25, -0.2) is 0 Å². The zero-order valence-electron chi connectivity index (χ0n) is 17.2. The van der Waals surface area contributed by atoms with E-state index in [4.69, 9.17) is 5.26 Å². The van der Waals surface area contributed by atoms with Gasteiger partial charge in [-0.05, 0) is 30.7 Å². The van der Waals surface area contributed by atoms with Crippen LogP contribution in [-0.4, -0.2) is 60.9 Å². The Morgan fingerprint density at radius 3 is 2.90 bits per heavy atom. The van der Waals surface area contributed by atoms with E-state index < -0.39 is 6.04 Å². The summed E-state index contributed by atoms with van der Waals surface area (Å²) in [5.74, 6) is 0.450. The van der Waals surface area contributed by atoms with Crippen LogP contribution in [0.4, 0.5) is 0 Å². The van der Waals surface area contributed by atoms with Gasteiger partial charge in [-0.1, -0.05) is 6.07 Å². The van der Waals surface area contributed by atoms with Crippen LogP contribution in [0.5, 0.6) is 0 Å². The topological polar surface area (TPSA) is 117 Å². The van der Waals surface area contributed by atoms with Crippen LogP contribution in [0.1, 0.15) is 27.3 Å². The molecule has 1 fully saturated rings. The van der Waals surface area contributed by atoms with Crippen molar-refractivity contribution >= 4 is 34.5 Å². The van der Waals surface area contributed by atoms with Crippen molar-refractivity contribution < 1.29 is 9.59 Å². The molecule has 1 aliphatic heterocycles. The van der Waals surface area contributed by atoms with E-state index in [9.17, 15) is 9.59 Å². The molecule has 0 aliphatic carbocycles. The lowest BCUT2D eigenvalue weighted by Gasteiger charge is -2.18. The fourth-order valence-electron chi connectivity index (χ4n) is 3.55. The zero-order chi connectivity index (χ0) is 22.0. The molecule has 0 saturated carbocycles. The molecule has 1 saturated heterocycles. The van der Waals surface area contributed by atoms with E-state index in [-0.39, 0.29) is 18.4 Å². The number of nitrogens with zero attached hydrogens (tertiary/aromatic N) is 6. The molecule has 1 N–H and O–H groups in total. The lowest BCUT2D eigenvalue weighted by atomic mass is 10.0. The van der Waals surface area contributed by atoms with Gasteiger partial charge in [-0.15, -0.1) is 11.8 Å². The Morgan fingerprint density at radius 1 is 1.32 bits per heavy atom. The van der Waals surface area contributed by atoms with E-state index in [0.717, 1.165) is 17.0 Å². The highest BCUT2D eigenvalue weighted by molar-refractivity contribution is 7.99. The van der Waals surface area contributed by atoms with Gasteiger partial charge in [0, 0.05) is 30.8 Å². The average molecular weight is 436 g/mol. The number of fused-ring (bicyclic) bond motifs is 1. The normalized spacial score (nSPS) is 15.8. The molecule has 1 atom stereocenters. The van der Waals surface area contributed by atoms with Gasteiger partial charge in [0.1, 0.15) is 6.04 Å². The fourth-order valence-corrected chi connectivity index (χ4v) is 4.65. The molecule has 1 unspecified atom stereocenters. The predicted octanol–water partition coefficient (Wildman–Crippen LogP) is 1.42. The number of amides is 2. The van der Waals surface area contributed by atoms with E-state index in [1.54, 1.807) is 24.1 Å². The summed E-state index contributed by atoms with van der Waals surface area (Å²) in [5, 5.41) is 21.2. The Kier molecular flexibility index (Phi) is 5.86. The third-order valence-electron chi connectivity index (χ3n) is 5.15. The number of hydrogen-bond donors (Lipinski definition) is 1. The maximum absolute atomic E-state index is 12.9. The van der Waals surface area contributed by atoms with Crippen LogP contribution in [0, 0.1) is 18.3 Å². The van der Waals surface area contributed by atoms with Crippen molar-refractivity contribution in [2.24, 2.45) is 7.05 Å². The number of nitrogens with one attached hydrogen (secondary N) is 1. The summed E-state index contributed by atoms with van der Waals surface area (Å²) in [6.07, 6.45) is 2.17. The van der Waals surface area contributed by atoms with E-state index in [1.807, 2.05) is 25.1 Å². The van der Waals surface area contributed by atoms with Crippen molar-refractivity contribution in [2.75, 3.05) is 18.2 Å². The molecule has 3 aromatic rings. The first-order valence-corrected chi connectivity index (χ1v) is 10.9. The summed E-state index contributed by atoms with van der Waals surface area (Å²) in [6.45, 7) is 1.76. The number of aryl methyl sites for hydroxylation is 2. The summed E-state index contributed by atoms with van der Waals surface area (Å²) in [5.41, 5.74) is 3.86. The maximum Gasteiger partial charge on any atom is 0.252 e. The Bertz CT molecular complexity index is 1200. The molecular formula is C21H21N7O2S. The van der Waals surface area contributed by atoms with Gasteiger partial charge in [0.05, 0.1) is 41.0 Å². The number of nitriles is 1. The summed E-state index contributed by atoms with van der Waals surface area (Å²) < 4.78 is 0. The Hall–Kier alpha value is -3.45. The second kappa shape index (κ2) is 8.73. The molecule has 1 aliphatic rings. The van der Waals surface area contributed by atoms with Gasteiger partial charge in [0.2, 0.25) is 5.91 Å². The summed E-state index contributed by atoms with van der Waals surface area (Å²) >= 11 is 1.53. The van der Waals surface area contributed by atoms with Crippen molar-refractivity contribution in [3.05, 3.63) is 53.0 Å². The first kappa shape index (κ1) is 20.8. The predicted molar refractivity (Wildman–Crippen MR) is 116 cm³/mol. The fraction of sp³-hybridized carbons (Fsp3) is 0.333.